The monoisotopic (exact) mass is 1040 g/mol. The molecule has 2 spiro atoms. The van der Waals surface area contributed by atoms with Crippen LogP contribution in [0.3, 0.4) is 0 Å². The molecule has 6 heterocycles. The average molecular weight is 1040 g/mol. The standard InChI is InChI=1S/C53H86O20/c1-10-29-35(58)37(60)41(71-44-38(61)34(57)27(54)19-64-44)47(68-29)70-40-28(55)20-65-46(42(40)72-45-39(62)36(59)33(56)24(4)67-45)69-32-14-15-49(7)30(48(32,5)6)13-16-50(8)31(49)12-11-26-43-51(9,63)18-25(17-23(2)3)73-53(43)21-52(26,50)22-66-53/h17,24-47,54-63H,10-16,18-22H2,1-9H3/t24-,25-,26-,27+,28-,29-,30+,31-,32?,33+,34+,35-,36-,37+,38-,39-,40?,41?,42?,43+,44-,45+,46?,47?,49+,50-,51+,52?,53+/m1/s1. The van der Waals surface area contributed by atoms with E-state index in [-0.39, 0.29) is 53.1 Å². The van der Waals surface area contributed by atoms with E-state index in [0.717, 1.165) is 44.1 Å². The lowest BCUT2D eigenvalue weighted by atomic mass is 9.35. The molecule has 0 aromatic rings. The first-order valence-corrected chi connectivity index (χ1v) is 27.2. The van der Waals surface area contributed by atoms with Gasteiger partial charge in [0.05, 0.1) is 49.8 Å². The highest BCUT2D eigenvalue weighted by atomic mass is 16.8. The summed E-state index contributed by atoms with van der Waals surface area (Å²) < 4.78 is 64.0. The number of rotatable bonds is 10. The first-order valence-electron chi connectivity index (χ1n) is 27.2. The molecule has 0 aromatic carbocycles. The van der Waals surface area contributed by atoms with Crippen LogP contribution in [0.1, 0.15) is 120 Å². The molecular weight excluding hydrogens is 957 g/mol. The van der Waals surface area contributed by atoms with Gasteiger partial charge in [-0.3, -0.25) is 0 Å². The van der Waals surface area contributed by atoms with Gasteiger partial charge in [-0.25, -0.2) is 0 Å². The quantitative estimate of drug-likeness (QED) is 0.107. The summed E-state index contributed by atoms with van der Waals surface area (Å²) in [5.74, 6) is -0.154. The van der Waals surface area contributed by atoms with Crippen LogP contribution in [0.2, 0.25) is 0 Å². The van der Waals surface area contributed by atoms with E-state index < -0.39 is 140 Å². The third-order valence-electron chi connectivity index (χ3n) is 20.7. The summed E-state index contributed by atoms with van der Waals surface area (Å²) in [6, 6.07) is 0. The largest absolute Gasteiger partial charge is 0.390 e. The fourth-order valence-corrected chi connectivity index (χ4v) is 17.1. The first-order chi connectivity index (χ1) is 34.2. The molecule has 29 atom stereocenters. The van der Waals surface area contributed by atoms with Crippen LogP contribution in [-0.2, 0) is 47.4 Å². The molecule has 73 heavy (non-hydrogen) atoms. The summed E-state index contributed by atoms with van der Waals surface area (Å²) >= 11 is 0. The maximum absolute atomic E-state index is 12.3. The highest BCUT2D eigenvalue weighted by molar-refractivity contribution is 5.27. The van der Waals surface area contributed by atoms with Crippen molar-refractivity contribution in [3.8, 4) is 0 Å². The lowest BCUT2D eigenvalue weighted by Crippen LogP contribution is -2.68. The van der Waals surface area contributed by atoms with Crippen molar-refractivity contribution in [2.75, 3.05) is 19.8 Å². The molecule has 0 radical (unpaired) electrons. The molecule has 6 aliphatic heterocycles. The van der Waals surface area contributed by atoms with E-state index in [1.807, 2.05) is 6.92 Å². The molecule has 2 bridgehead atoms. The Labute approximate surface area is 428 Å². The van der Waals surface area contributed by atoms with Gasteiger partial charge in [-0.2, -0.15) is 0 Å². The van der Waals surface area contributed by atoms with Gasteiger partial charge < -0.3 is 98.4 Å². The first kappa shape index (κ1) is 55.3. The fraction of sp³-hybridized carbons (Fsp3) is 0.962. The molecule has 7 unspecified atom stereocenters. The Bertz CT molecular complexity index is 2010. The van der Waals surface area contributed by atoms with Crippen LogP contribution in [0.4, 0.5) is 0 Å². The van der Waals surface area contributed by atoms with E-state index in [1.54, 1.807) is 6.92 Å². The van der Waals surface area contributed by atoms with Crippen LogP contribution in [0, 0.1) is 45.3 Å². The van der Waals surface area contributed by atoms with Crippen LogP contribution >= 0.6 is 0 Å². The highest BCUT2D eigenvalue weighted by Crippen LogP contribution is 2.80. The van der Waals surface area contributed by atoms with Crippen molar-refractivity contribution >= 4 is 0 Å². The highest BCUT2D eigenvalue weighted by Gasteiger charge is 2.81. The zero-order valence-corrected chi connectivity index (χ0v) is 44.0. The van der Waals surface area contributed by atoms with Gasteiger partial charge in [0, 0.05) is 24.2 Å². The minimum Gasteiger partial charge on any atom is -0.390 e. The Morgan fingerprint density at radius 3 is 2.03 bits per heavy atom. The normalized spacial score (nSPS) is 57.5. The molecule has 10 N–H and O–H groups in total. The second-order valence-corrected chi connectivity index (χ2v) is 25.5. The summed E-state index contributed by atoms with van der Waals surface area (Å²) in [7, 11) is 0. The smallest absolute Gasteiger partial charge is 0.187 e. The second kappa shape index (κ2) is 19.6. The fourth-order valence-electron chi connectivity index (χ4n) is 17.1. The molecule has 10 fully saturated rings. The van der Waals surface area contributed by atoms with Crippen molar-refractivity contribution in [2.45, 2.75) is 254 Å². The van der Waals surface area contributed by atoms with E-state index in [2.05, 4.69) is 47.6 Å². The molecule has 10 aliphatic rings. The van der Waals surface area contributed by atoms with Crippen molar-refractivity contribution < 1.29 is 98.4 Å². The van der Waals surface area contributed by atoms with Gasteiger partial charge in [0.2, 0.25) is 0 Å². The van der Waals surface area contributed by atoms with Gasteiger partial charge in [0.15, 0.2) is 30.9 Å². The summed E-state index contributed by atoms with van der Waals surface area (Å²) in [6.07, 6.45) is -18.7. The third-order valence-corrected chi connectivity index (χ3v) is 20.7. The SMILES string of the molecule is CC[C@H]1OC(OC2C(O[C@@H]3O[C@H](C)[C@H](O)[C@@H](O)[C@H]3O)C(OC3CC[C@]4(C)[C@H]5CC[C@@H]6[C@@H]7[C@]8(CC6(CO8)[C@]5(C)CC[C@H]4C3(C)C)O[C@H](C=C(C)C)C[C@]7(C)O)OC[C@H]2O)C(O[C@H]2OC[C@H](O)[C@H](O)[C@H]2O)[C@@H](O)[C@@H]1O. The van der Waals surface area contributed by atoms with Crippen LogP contribution in [0.5, 0.6) is 0 Å². The van der Waals surface area contributed by atoms with E-state index in [4.69, 9.17) is 47.4 Å². The van der Waals surface area contributed by atoms with Gasteiger partial charge in [-0.15, -0.1) is 0 Å². The summed E-state index contributed by atoms with van der Waals surface area (Å²) in [4.78, 5) is 0. The van der Waals surface area contributed by atoms with Crippen molar-refractivity contribution in [3.05, 3.63) is 11.6 Å². The van der Waals surface area contributed by atoms with E-state index >= 15 is 0 Å². The minimum absolute atomic E-state index is 0.0924. The van der Waals surface area contributed by atoms with Gasteiger partial charge in [-0.05, 0) is 107 Å². The van der Waals surface area contributed by atoms with E-state index in [1.165, 1.54) is 6.92 Å². The summed E-state index contributed by atoms with van der Waals surface area (Å²) in [5, 5.41) is 111. The van der Waals surface area contributed by atoms with Gasteiger partial charge in [0.25, 0.3) is 0 Å². The number of ether oxygens (including phenoxy) is 10. The third kappa shape index (κ3) is 8.78. The molecule has 418 valence electrons. The lowest BCUT2D eigenvalue weighted by molar-refractivity contribution is -0.398. The summed E-state index contributed by atoms with van der Waals surface area (Å²) in [5.41, 5.74) is -0.622. The Morgan fingerprint density at radius 1 is 0.644 bits per heavy atom. The van der Waals surface area contributed by atoms with Crippen molar-refractivity contribution in [1.29, 1.82) is 0 Å². The Hall–Kier alpha value is -1.06. The van der Waals surface area contributed by atoms with Gasteiger partial charge >= 0.3 is 0 Å². The molecule has 20 heteroatoms. The molecule has 4 saturated carbocycles. The number of hydrogen-bond donors (Lipinski definition) is 10. The second-order valence-electron chi connectivity index (χ2n) is 25.5. The van der Waals surface area contributed by atoms with Crippen LogP contribution < -0.4 is 0 Å². The Kier molecular flexibility index (Phi) is 14.9. The molecule has 10 rings (SSSR count). The van der Waals surface area contributed by atoms with Crippen LogP contribution in [-0.4, -0.2) is 205 Å². The molecule has 6 saturated heterocycles. The van der Waals surface area contributed by atoms with Gasteiger partial charge in [0.1, 0.15) is 73.2 Å². The molecule has 0 amide bonds. The van der Waals surface area contributed by atoms with Gasteiger partial charge in [-0.1, -0.05) is 46.3 Å². The topological polar surface area (TPSA) is 295 Å². The molecule has 0 aromatic heterocycles. The molecule has 20 nitrogen and oxygen atoms in total. The van der Waals surface area contributed by atoms with Crippen molar-refractivity contribution in [1.82, 2.24) is 0 Å². The maximum Gasteiger partial charge on any atom is 0.187 e. The predicted molar refractivity (Wildman–Crippen MR) is 253 cm³/mol. The number of hydrogen-bond acceptors (Lipinski definition) is 20. The number of fused-ring (bicyclic) bond motifs is 4. The van der Waals surface area contributed by atoms with Crippen LogP contribution in [0.25, 0.3) is 0 Å². The van der Waals surface area contributed by atoms with E-state index in [0.29, 0.717) is 25.4 Å². The summed E-state index contributed by atoms with van der Waals surface area (Å²) in [6.45, 7) is 18.6. The van der Waals surface area contributed by atoms with Crippen molar-refractivity contribution in [3.63, 3.8) is 0 Å². The van der Waals surface area contributed by atoms with Crippen molar-refractivity contribution in [2.24, 2.45) is 45.3 Å². The zero-order chi connectivity index (χ0) is 52.7. The number of aliphatic hydroxyl groups is 10. The van der Waals surface area contributed by atoms with E-state index in [9.17, 15) is 51.1 Å². The zero-order valence-electron chi connectivity index (χ0n) is 44.0. The number of aliphatic hydroxyl groups excluding tert-OH is 9. The number of allylic oxidation sites excluding steroid dienone is 1. The lowest BCUT2D eigenvalue weighted by Gasteiger charge is -2.70. The maximum atomic E-state index is 12.3. The Balaban J connectivity index is 0.919. The Morgan fingerprint density at radius 2 is 1.32 bits per heavy atom. The predicted octanol–water partition coefficient (Wildman–Crippen LogP) is 0.875. The molecule has 4 aliphatic carbocycles. The minimum atomic E-state index is -1.77. The van der Waals surface area contributed by atoms with Crippen LogP contribution in [0.15, 0.2) is 11.6 Å². The molecular formula is C53H86O20. The average Bonchev–Trinajstić information content (AvgIpc) is 3.85.